The van der Waals surface area contributed by atoms with Crippen LogP contribution in [0.1, 0.15) is 30.2 Å². The van der Waals surface area contributed by atoms with E-state index in [2.05, 4.69) is 10.4 Å². The molecule has 32 heavy (non-hydrogen) atoms. The summed E-state index contributed by atoms with van der Waals surface area (Å²) < 4.78 is 13.6. The summed E-state index contributed by atoms with van der Waals surface area (Å²) in [4.78, 5) is 18.1. The monoisotopic (exact) mass is 428 g/mol. The molecule has 0 aliphatic carbocycles. The normalized spacial score (nSPS) is 15.2. The molecule has 4 aromatic rings. The number of hydrogen-bond acceptors (Lipinski definition) is 5. The Labute approximate surface area is 186 Å². The molecule has 5 rings (SSSR count). The van der Waals surface area contributed by atoms with Crippen molar-refractivity contribution in [2.45, 2.75) is 26.0 Å². The summed E-state index contributed by atoms with van der Waals surface area (Å²) >= 11 is 0. The van der Waals surface area contributed by atoms with Crippen LogP contribution in [0.3, 0.4) is 0 Å². The first kappa shape index (κ1) is 20.1. The first-order valence-electron chi connectivity index (χ1n) is 10.7. The van der Waals surface area contributed by atoms with Crippen molar-refractivity contribution in [1.82, 2.24) is 20.1 Å². The highest BCUT2D eigenvalue weighted by molar-refractivity contribution is 6.06. The van der Waals surface area contributed by atoms with Gasteiger partial charge in [-0.05, 0) is 32.0 Å². The quantitative estimate of drug-likeness (QED) is 0.514. The third-order valence-electron chi connectivity index (χ3n) is 5.43. The molecular weight excluding hydrogens is 404 g/mol. The number of carbonyl (C=O) groups excluding carboxylic acids is 1. The molecule has 162 valence electrons. The van der Waals surface area contributed by atoms with Crippen molar-refractivity contribution in [3.63, 3.8) is 0 Å². The number of pyridine rings is 1. The van der Waals surface area contributed by atoms with Gasteiger partial charge >= 0.3 is 0 Å². The number of rotatable bonds is 5. The van der Waals surface area contributed by atoms with Gasteiger partial charge in [0.15, 0.2) is 17.1 Å². The maximum atomic E-state index is 13.2. The number of carbonyl (C=O) groups is 1. The van der Waals surface area contributed by atoms with Crippen LogP contribution in [0.15, 0.2) is 66.9 Å². The van der Waals surface area contributed by atoms with Gasteiger partial charge in [0.25, 0.3) is 5.91 Å². The van der Waals surface area contributed by atoms with Gasteiger partial charge in [0, 0.05) is 11.6 Å². The molecule has 7 heteroatoms. The number of aromatic nitrogens is 3. The van der Waals surface area contributed by atoms with E-state index < -0.39 is 0 Å². The first-order chi connectivity index (χ1) is 15.6. The second-order valence-electron chi connectivity index (χ2n) is 8.05. The molecule has 0 bridgehead atoms. The SMILES string of the molecule is CC(C)n1ncc2c(C(=O)NC[C@@H]3COc4ccccc4O3)cc(-c3ccccc3)nc21. The van der Waals surface area contributed by atoms with Crippen LogP contribution in [0.4, 0.5) is 0 Å². The molecule has 2 aromatic heterocycles. The van der Waals surface area contributed by atoms with E-state index in [1.165, 1.54) is 0 Å². The van der Waals surface area contributed by atoms with Gasteiger partial charge in [0.05, 0.1) is 29.4 Å². The van der Waals surface area contributed by atoms with Crippen LogP contribution in [0.2, 0.25) is 0 Å². The van der Waals surface area contributed by atoms with E-state index in [0.29, 0.717) is 30.1 Å². The Morgan fingerprint density at radius 3 is 2.66 bits per heavy atom. The number of nitrogens with zero attached hydrogens (tertiary/aromatic N) is 3. The molecule has 1 N–H and O–H groups in total. The minimum atomic E-state index is -0.266. The smallest absolute Gasteiger partial charge is 0.252 e. The molecule has 7 nitrogen and oxygen atoms in total. The van der Waals surface area contributed by atoms with Crippen molar-refractivity contribution in [3.8, 4) is 22.8 Å². The Bertz CT molecular complexity index is 1270. The van der Waals surface area contributed by atoms with Gasteiger partial charge in [-0.25, -0.2) is 9.67 Å². The predicted octanol–water partition coefficient (Wildman–Crippen LogP) is 4.25. The molecular formula is C25H24N4O3. The lowest BCUT2D eigenvalue weighted by molar-refractivity contribution is 0.0790. The number of ether oxygens (including phenoxy) is 2. The van der Waals surface area contributed by atoms with Gasteiger partial charge in [0.2, 0.25) is 0 Å². The zero-order chi connectivity index (χ0) is 22.1. The Morgan fingerprint density at radius 1 is 1.12 bits per heavy atom. The summed E-state index contributed by atoms with van der Waals surface area (Å²) in [6.45, 7) is 4.79. The van der Waals surface area contributed by atoms with Gasteiger partial charge in [-0.2, -0.15) is 5.10 Å². The van der Waals surface area contributed by atoms with Crippen molar-refractivity contribution < 1.29 is 14.3 Å². The number of nitrogens with one attached hydrogen (secondary N) is 1. The Balaban J connectivity index is 1.43. The summed E-state index contributed by atoms with van der Waals surface area (Å²) in [5.74, 6) is 1.22. The third kappa shape index (κ3) is 3.77. The zero-order valence-electron chi connectivity index (χ0n) is 18.0. The lowest BCUT2D eigenvalue weighted by Gasteiger charge is -2.26. The van der Waals surface area contributed by atoms with Crippen molar-refractivity contribution in [3.05, 3.63) is 72.4 Å². The van der Waals surface area contributed by atoms with Crippen LogP contribution in [0.5, 0.6) is 11.5 Å². The van der Waals surface area contributed by atoms with E-state index in [-0.39, 0.29) is 18.1 Å². The molecule has 0 spiro atoms. The zero-order valence-corrected chi connectivity index (χ0v) is 18.0. The lowest BCUT2D eigenvalue weighted by Crippen LogP contribution is -2.40. The van der Waals surface area contributed by atoms with E-state index in [9.17, 15) is 4.79 Å². The van der Waals surface area contributed by atoms with E-state index in [4.69, 9.17) is 14.5 Å². The fourth-order valence-corrected chi connectivity index (χ4v) is 3.81. The topological polar surface area (TPSA) is 78.3 Å². The number of fused-ring (bicyclic) bond motifs is 2. The summed E-state index contributed by atoms with van der Waals surface area (Å²) in [6.07, 6.45) is 1.45. The highest BCUT2D eigenvalue weighted by Gasteiger charge is 2.23. The Hall–Kier alpha value is -3.87. The standard InChI is InChI=1S/C25H24N4O3/c1-16(2)29-24-20(14-27-29)19(12-21(28-24)17-8-4-3-5-9-17)25(30)26-13-18-15-31-22-10-6-7-11-23(22)32-18/h3-12,14,16,18H,13,15H2,1-2H3,(H,26,30)/t18-/m1/s1. The number of amides is 1. The second-order valence-corrected chi connectivity index (χ2v) is 8.05. The molecule has 0 saturated heterocycles. The van der Waals surface area contributed by atoms with Crippen LogP contribution in [0.25, 0.3) is 22.3 Å². The number of hydrogen-bond donors (Lipinski definition) is 1. The molecule has 0 radical (unpaired) electrons. The van der Waals surface area contributed by atoms with Gasteiger partial charge in [-0.1, -0.05) is 42.5 Å². The van der Waals surface area contributed by atoms with Crippen LogP contribution in [-0.4, -0.2) is 39.9 Å². The van der Waals surface area contributed by atoms with Crippen LogP contribution in [-0.2, 0) is 0 Å². The van der Waals surface area contributed by atoms with Crippen LogP contribution >= 0.6 is 0 Å². The van der Waals surface area contributed by atoms with Crippen LogP contribution in [0, 0.1) is 0 Å². The molecule has 1 atom stereocenters. The maximum absolute atomic E-state index is 13.2. The Morgan fingerprint density at radius 2 is 1.88 bits per heavy atom. The van der Waals surface area contributed by atoms with Crippen molar-refractivity contribution in [1.29, 1.82) is 0 Å². The molecule has 0 fully saturated rings. The van der Waals surface area contributed by atoms with Crippen LogP contribution < -0.4 is 14.8 Å². The minimum Gasteiger partial charge on any atom is -0.486 e. The molecule has 2 aromatic carbocycles. The van der Waals surface area contributed by atoms with Gasteiger partial charge in [-0.3, -0.25) is 4.79 Å². The average molecular weight is 428 g/mol. The largest absolute Gasteiger partial charge is 0.486 e. The van der Waals surface area contributed by atoms with Crippen molar-refractivity contribution in [2.24, 2.45) is 0 Å². The molecule has 3 heterocycles. The summed E-state index contributed by atoms with van der Waals surface area (Å²) in [5, 5.41) is 8.20. The summed E-state index contributed by atoms with van der Waals surface area (Å²) in [7, 11) is 0. The van der Waals surface area contributed by atoms with Crippen molar-refractivity contribution in [2.75, 3.05) is 13.2 Å². The average Bonchev–Trinajstić information content (AvgIpc) is 3.27. The molecule has 1 aliphatic heterocycles. The first-order valence-corrected chi connectivity index (χ1v) is 10.7. The lowest BCUT2D eigenvalue weighted by atomic mass is 10.1. The molecule has 0 unspecified atom stereocenters. The molecule has 1 amide bonds. The molecule has 0 saturated carbocycles. The fourth-order valence-electron chi connectivity index (χ4n) is 3.81. The maximum Gasteiger partial charge on any atom is 0.252 e. The highest BCUT2D eigenvalue weighted by atomic mass is 16.6. The highest BCUT2D eigenvalue weighted by Crippen LogP contribution is 2.31. The number of benzene rings is 2. The predicted molar refractivity (Wildman–Crippen MR) is 122 cm³/mol. The summed E-state index contributed by atoms with van der Waals surface area (Å²) in [5.41, 5.74) is 2.91. The van der Waals surface area contributed by atoms with Gasteiger partial charge in [-0.15, -0.1) is 0 Å². The number of para-hydroxylation sites is 2. The van der Waals surface area contributed by atoms with E-state index in [1.54, 1.807) is 6.20 Å². The van der Waals surface area contributed by atoms with Gasteiger partial charge < -0.3 is 14.8 Å². The molecule has 1 aliphatic rings. The second kappa shape index (κ2) is 8.34. The Kier molecular flexibility index (Phi) is 5.23. The van der Waals surface area contributed by atoms with E-state index in [0.717, 1.165) is 22.4 Å². The van der Waals surface area contributed by atoms with E-state index in [1.807, 2.05) is 79.2 Å². The fraction of sp³-hybridized carbons (Fsp3) is 0.240. The van der Waals surface area contributed by atoms with Gasteiger partial charge in [0.1, 0.15) is 12.7 Å². The van der Waals surface area contributed by atoms with E-state index >= 15 is 0 Å². The third-order valence-corrected chi connectivity index (χ3v) is 5.43. The minimum absolute atomic E-state index is 0.120. The van der Waals surface area contributed by atoms with Crippen molar-refractivity contribution >= 4 is 16.9 Å². The summed E-state index contributed by atoms with van der Waals surface area (Å²) in [6, 6.07) is 19.3.